The van der Waals surface area contributed by atoms with Crippen LogP contribution in [-0.2, 0) is 32.1 Å². The second-order valence-electron chi connectivity index (χ2n) is 9.64. The number of Topliss-reactive ketones (excluding diaryl/α,β-unsaturated/α-hetero) is 1. The summed E-state index contributed by atoms with van der Waals surface area (Å²) in [5.74, 6) is -3.10. The number of carboxylic acid groups (broad SMARTS) is 1. The lowest BCUT2D eigenvalue weighted by Crippen LogP contribution is -2.56. The molecule has 3 atom stereocenters. The number of aliphatic carboxylic acids is 1. The molecule has 0 spiro atoms. The zero-order valence-electron chi connectivity index (χ0n) is 22.3. The molecule has 0 aliphatic carbocycles. The van der Waals surface area contributed by atoms with E-state index in [0.29, 0.717) is 31.5 Å². The number of nitrogens with one attached hydrogen (secondary N) is 2. The number of carbonyl (C=O) groups excluding carboxylic acids is 4. The second-order valence-corrected chi connectivity index (χ2v) is 10.4. The Morgan fingerprint density at radius 2 is 1.95 bits per heavy atom. The van der Waals surface area contributed by atoms with Crippen LogP contribution in [0.25, 0.3) is 0 Å². The molecule has 1 aromatic carbocycles. The molecule has 216 valence electrons. The second kappa shape index (κ2) is 13.7. The van der Waals surface area contributed by atoms with Gasteiger partial charge < -0.3 is 20.6 Å². The molecule has 1 aliphatic heterocycles. The largest absolute Gasteiger partial charge is 0.481 e. The summed E-state index contributed by atoms with van der Waals surface area (Å²) in [6.07, 6.45) is 1.35. The molecule has 15 heteroatoms. The van der Waals surface area contributed by atoms with Gasteiger partial charge in [-0.05, 0) is 42.2 Å². The standard InChI is InChI=1S/C26H30N8O6S/c1-16(33-10-6-5-9-18(26(33)40)28-25(39)20-14-41-15-27-20)24(38)29-19(12-23(36)37)21(35)13-34-22(30-31-32-34)11-17-7-3-2-4-8-17/h2-4,7-8,14-16,18-19H,5-6,9-13H2,1H3,(H,28,39)(H,29,38)(H,36,37)/t16?,18-,19?/m0/s1. The van der Waals surface area contributed by atoms with Gasteiger partial charge in [-0.1, -0.05) is 30.3 Å². The zero-order chi connectivity index (χ0) is 29.4. The van der Waals surface area contributed by atoms with Crippen LogP contribution in [0.5, 0.6) is 0 Å². The summed E-state index contributed by atoms with van der Waals surface area (Å²) < 4.78 is 1.27. The highest BCUT2D eigenvalue weighted by molar-refractivity contribution is 7.07. The molecule has 2 unspecified atom stereocenters. The fraction of sp³-hybridized carbons (Fsp3) is 0.423. The monoisotopic (exact) mass is 582 g/mol. The van der Waals surface area contributed by atoms with Crippen molar-refractivity contribution in [3.05, 3.63) is 58.3 Å². The van der Waals surface area contributed by atoms with Crippen molar-refractivity contribution in [2.24, 2.45) is 0 Å². The molecule has 3 aromatic rings. The molecule has 3 amide bonds. The number of carbonyl (C=O) groups is 5. The minimum absolute atomic E-state index is 0.203. The van der Waals surface area contributed by atoms with Crippen LogP contribution in [0.4, 0.5) is 0 Å². The van der Waals surface area contributed by atoms with Gasteiger partial charge in [0.1, 0.15) is 24.3 Å². The minimum Gasteiger partial charge on any atom is -0.481 e. The molecule has 3 heterocycles. The number of tetrazole rings is 1. The number of nitrogens with zero attached hydrogens (tertiary/aromatic N) is 6. The summed E-state index contributed by atoms with van der Waals surface area (Å²) in [6, 6.07) is 6.11. The van der Waals surface area contributed by atoms with Crippen molar-refractivity contribution in [2.45, 2.75) is 63.7 Å². The van der Waals surface area contributed by atoms with Crippen LogP contribution in [0.2, 0.25) is 0 Å². The molecule has 14 nitrogen and oxygen atoms in total. The maximum atomic E-state index is 13.3. The predicted octanol–water partition coefficient (Wildman–Crippen LogP) is 0.449. The number of hydrogen-bond acceptors (Lipinski definition) is 10. The molecule has 0 bridgehead atoms. The third-order valence-corrected chi connectivity index (χ3v) is 7.33. The summed E-state index contributed by atoms with van der Waals surface area (Å²) in [5, 5.41) is 27.7. The van der Waals surface area contributed by atoms with Gasteiger partial charge in [-0.25, -0.2) is 9.67 Å². The summed E-state index contributed by atoms with van der Waals surface area (Å²) in [5.41, 5.74) is 2.64. The van der Waals surface area contributed by atoms with E-state index >= 15 is 0 Å². The molecular formula is C26H30N8O6S. The average molecular weight is 583 g/mol. The fourth-order valence-corrected chi connectivity index (χ4v) is 5.03. The molecule has 4 rings (SSSR count). The van der Waals surface area contributed by atoms with Crippen molar-refractivity contribution in [1.82, 2.24) is 40.7 Å². The topological polar surface area (TPSA) is 189 Å². The highest BCUT2D eigenvalue weighted by Gasteiger charge is 2.35. The molecule has 2 aromatic heterocycles. The first-order valence-electron chi connectivity index (χ1n) is 13.1. The number of likely N-dealkylation sites (tertiary alicyclic amines) is 1. The van der Waals surface area contributed by atoms with Gasteiger partial charge in [-0.15, -0.1) is 16.4 Å². The zero-order valence-corrected chi connectivity index (χ0v) is 23.1. The van der Waals surface area contributed by atoms with Gasteiger partial charge >= 0.3 is 5.97 Å². The molecule has 1 fully saturated rings. The number of hydrogen-bond donors (Lipinski definition) is 3. The van der Waals surface area contributed by atoms with Crippen molar-refractivity contribution in [2.75, 3.05) is 6.54 Å². The Kier molecular flexibility index (Phi) is 9.84. The Bertz CT molecular complexity index is 1380. The van der Waals surface area contributed by atoms with E-state index in [0.717, 1.165) is 5.56 Å². The third-order valence-electron chi connectivity index (χ3n) is 6.74. The Hall–Kier alpha value is -4.53. The minimum atomic E-state index is -1.38. The van der Waals surface area contributed by atoms with E-state index in [1.54, 1.807) is 5.38 Å². The van der Waals surface area contributed by atoms with Gasteiger partial charge in [0.15, 0.2) is 11.6 Å². The highest BCUT2D eigenvalue weighted by atomic mass is 32.1. The van der Waals surface area contributed by atoms with Gasteiger partial charge in [0.25, 0.3) is 5.91 Å². The summed E-state index contributed by atoms with van der Waals surface area (Å²) in [4.78, 5) is 69.1. The van der Waals surface area contributed by atoms with Crippen molar-refractivity contribution >= 4 is 40.8 Å². The first kappa shape index (κ1) is 29.5. The first-order chi connectivity index (χ1) is 19.7. The lowest BCUT2D eigenvalue weighted by molar-refractivity contribution is -0.143. The summed E-state index contributed by atoms with van der Waals surface area (Å²) in [7, 11) is 0. The molecule has 0 radical (unpaired) electrons. The molecule has 0 saturated carbocycles. The van der Waals surface area contributed by atoms with Crippen LogP contribution >= 0.6 is 11.3 Å². The van der Waals surface area contributed by atoms with Gasteiger partial charge in [0.2, 0.25) is 11.8 Å². The van der Waals surface area contributed by atoms with Crippen LogP contribution in [0, 0.1) is 0 Å². The summed E-state index contributed by atoms with van der Waals surface area (Å²) in [6.45, 7) is 1.41. The van der Waals surface area contributed by atoms with Gasteiger partial charge in [0.05, 0.1) is 18.0 Å². The molecular weight excluding hydrogens is 552 g/mol. The van der Waals surface area contributed by atoms with Crippen LogP contribution < -0.4 is 10.6 Å². The lowest BCUT2D eigenvalue weighted by Gasteiger charge is -2.30. The fourth-order valence-electron chi connectivity index (χ4n) is 4.50. The highest BCUT2D eigenvalue weighted by Crippen LogP contribution is 2.16. The Morgan fingerprint density at radius 3 is 2.66 bits per heavy atom. The molecule has 1 saturated heterocycles. The Labute approximate surface area is 239 Å². The Morgan fingerprint density at radius 1 is 1.17 bits per heavy atom. The Balaban J connectivity index is 1.42. The van der Waals surface area contributed by atoms with E-state index in [9.17, 15) is 29.1 Å². The molecule has 3 N–H and O–H groups in total. The number of ketones is 1. The SMILES string of the molecule is CC(C(=O)NC(CC(=O)O)C(=O)Cn1nnnc1Cc1ccccc1)N1CCCC[C@H](NC(=O)c2cscn2)C1=O. The molecule has 41 heavy (non-hydrogen) atoms. The van der Waals surface area contributed by atoms with Crippen LogP contribution in [0.1, 0.15) is 54.5 Å². The maximum Gasteiger partial charge on any atom is 0.305 e. The predicted molar refractivity (Wildman–Crippen MR) is 145 cm³/mol. The number of carboxylic acids is 1. The molecule has 1 aliphatic rings. The van der Waals surface area contributed by atoms with Crippen molar-refractivity contribution in [3.8, 4) is 0 Å². The van der Waals surface area contributed by atoms with E-state index in [1.165, 1.54) is 33.4 Å². The van der Waals surface area contributed by atoms with E-state index < -0.39 is 54.0 Å². The quantitative estimate of drug-likeness (QED) is 0.270. The normalized spacial score (nSPS) is 16.9. The van der Waals surface area contributed by atoms with Crippen LogP contribution in [0.15, 0.2) is 41.2 Å². The maximum absolute atomic E-state index is 13.3. The van der Waals surface area contributed by atoms with Gasteiger partial charge in [-0.2, -0.15) is 0 Å². The van der Waals surface area contributed by atoms with E-state index in [2.05, 4.69) is 31.1 Å². The van der Waals surface area contributed by atoms with Gasteiger partial charge in [-0.3, -0.25) is 24.0 Å². The van der Waals surface area contributed by atoms with Crippen LogP contribution in [-0.4, -0.2) is 89.3 Å². The van der Waals surface area contributed by atoms with E-state index in [4.69, 9.17) is 0 Å². The van der Waals surface area contributed by atoms with Crippen molar-refractivity contribution in [1.29, 1.82) is 0 Å². The smallest absolute Gasteiger partial charge is 0.305 e. The van der Waals surface area contributed by atoms with E-state index in [-0.39, 0.29) is 18.8 Å². The number of aromatic nitrogens is 5. The number of benzene rings is 1. The van der Waals surface area contributed by atoms with Crippen molar-refractivity contribution in [3.63, 3.8) is 0 Å². The number of amides is 3. The lowest BCUT2D eigenvalue weighted by atomic mass is 10.1. The number of thiazole rings is 1. The van der Waals surface area contributed by atoms with Crippen LogP contribution in [0.3, 0.4) is 0 Å². The summed E-state index contributed by atoms with van der Waals surface area (Å²) >= 11 is 1.26. The first-order valence-corrected chi connectivity index (χ1v) is 14.0. The van der Waals surface area contributed by atoms with Gasteiger partial charge in [0, 0.05) is 18.3 Å². The van der Waals surface area contributed by atoms with Crippen molar-refractivity contribution < 1.29 is 29.1 Å². The number of rotatable bonds is 12. The average Bonchev–Trinajstić information content (AvgIpc) is 3.61. The third kappa shape index (κ3) is 7.78. The van der Waals surface area contributed by atoms with E-state index in [1.807, 2.05) is 30.3 Å².